The molecule has 0 saturated heterocycles. The van der Waals surface area contributed by atoms with E-state index in [1.165, 1.54) is 0 Å². The summed E-state index contributed by atoms with van der Waals surface area (Å²) in [5, 5.41) is 9.91. The van der Waals surface area contributed by atoms with Gasteiger partial charge in [0.2, 0.25) is 0 Å². The average molecular weight is 223 g/mol. The molecule has 1 N–H and O–H groups in total. The molecular weight excluding hydrogens is 209 g/mol. The SMILES string of the molecule is OC(Cc1ccccc1)c1ccccn1.[NaH]. The fourth-order valence-electron chi connectivity index (χ4n) is 1.52. The van der Waals surface area contributed by atoms with E-state index in [0.717, 1.165) is 11.3 Å². The Kier molecular flexibility index (Phi) is 5.71. The normalized spacial score (nSPS) is 11.6. The first-order chi connectivity index (χ1) is 7.36. The van der Waals surface area contributed by atoms with Crippen LogP contribution in [0.5, 0.6) is 0 Å². The fraction of sp³-hybridized carbons (Fsp3) is 0.154. The molecule has 1 atom stereocenters. The van der Waals surface area contributed by atoms with Crippen LogP contribution in [0.15, 0.2) is 54.7 Å². The summed E-state index contributed by atoms with van der Waals surface area (Å²) in [4.78, 5) is 4.12. The van der Waals surface area contributed by atoms with E-state index in [-0.39, 0.29) is 29.6 Å². The summed E-state index contributed by atoms with van der Waals surface area (Å²) in [5.41, 5.74) is 1.84. The second-order valence-electron chi connectivity index (χ2n) is 3.46. The van der Waals surface area contributed by atoms with Gasteiger partial charge < -0.3 is 5.11 Å². The number of aliphatic hydroxyl groups excluding tert-OH is 1. The summed E-state index contributed by atoms with van der Waals surface area (Å²) in [6.07, 6.45) is 1.79. The van der Waals surface area contributed by atoms with E-state index in [0.29, 0.717) is 6.42 Å². The molecule has 16 heavy (non-hydrogen) atoms. The Hall–Kier alpha value is -0.670. The molecule has 1 aromatic carbocycles. The van der Waals surface area contributed by atoms with Crippen LogP contribution < -0.4 is 0 Å². The number of rotatable bonds is 3. The van der Waals surface area contributed by atoms with Gasteiger partial charge in [0.25, 0.3) is 0 Å². The summed E-state index contributed by atoms with van der Waals surface area (Å²) < 4.78 is 0. The molecule has 0 spiro atoms. The number of aliphatic hydroxyl groups is 1. The molecule has 0 saturated carbocycles. The molecular formula is C13H14NNaO. The van der Waals surface area contributed by atoms with Gasteiger partial charge >= 0.3 is 29.6 Å². The van der Waals surface area contributed by atoms with Gasteiger partial charge in [-0.3, -0.25) is 4.98 Å². The van der Waals surface area contributed by atoms with Gasteiger partial charge in [-0.25, -0.2) is 0 Å². The first-order valence-corrected chi connectivity index (χ1v) is 4.99. The molecule has 2 nitrogen and oxygen atoms in total. The molecule has 3 heteroatoms. The third-order valence-electron chi connectivity index (χ3n) is 2.30. The first-order valence-electron chi connectivity index (χ1n) is 4.99. The second kappa shape index (κ2) is 6.81. The zero-order valence-corrected chi connectivity index (χ0v) is 8.38. The predicted octanol–water partition coefficient (Wildman–Crippen LogP) is 1.71. The first kappa shape index (κ1) is 13.4. The van der Waals surface area contributed by atoms with Crippen molar-refractivity contribution >= 4 is 29.6 Å². The molecule has 0 aliphatic carbocycles. The van der Waals surface area contributed by atoms with E-state index in [1.54, 1.807) is 6.20 Å². The Bertz CT molecular complexity index is 405. The number of pyridine rings is 1. The zero-order chi connectivity index (χ0) is 10.5. The van der Waals surface area contributed by atoms with E-state index in [9.17, 15) is 5.11 Å². The maximum absolute atomic E-state index is 9.91. The van der Waals surface area contributed by atoms with Crippen LogP contribution in [0.2, 0.25) is 0 Å². The van der Waals surface area contributed by atoms with Gasteiger partial charge in [0.1, 0.15) is 0 Å². The van der Waals surface area contributed by atoms with Crippen LogP contribution in [0.25, 0.3) is 0 Å². The number of hydrogen-bond donors (Lipinski definition) is 1. The number of benzene rings is 1. The molecule has 1 unspecified atom stereocenters. The standard InChI is InChI=1S/C13H13NO.Na.H/c15-13(12-8-4-5-9-14-12)10-11-6-2-1-3-7-11;;/h1-9,13,15H,10H2;;. The Labute approximate surface area is 118 Å². The van der Waals surface area contributed by atoms with Crippen molar-refractivity contribution in [3.63, 3.8) is 0 Å². The Balaban J connectivity index is 0.00000128. The summed E-state index contributed by atoms with van der Waals surface area (Å²) >= 11 is 0. The van der Waals surface area contributed by atoms with Crippen LogP contribution in [-0.2, 0) is 6.42 Å². The van der Waals surface area contributed by atoms with E-state index in [2.05, 4.69) is 4.98 Å². The molecule has 0 bridgehead atoms. The van der Waals surface area contributed by atoms with Crippen LogP contribution in [-0.4, -0.2) is 39.6 Å². The van der Waals surface area contributed by atoms with Crippen molar-refractivity contribution in [3.8, 4) is 0 Å². The summed E-state index contributed by atoms with van der Waals surface area (Å²) in [6.45, 7) is 0. The van der Waals surface area contributed by atoms with Gasteiger partial charge in [0.05, 0.1) is 11.8 Å². The third-order valence-corrected chi connectivity index (χ3v) is 2.30. The van der Waals surface area contributed by atoms with Gasteiger partial charge in [-0.1, -0.05) is 36.4 Å². The predicted molar refractivity (Wildman–Crippen MR) is 66.5 cm³/mol. The Morgan fingerprint density at radius 3 is 2.31 bits per heavy atom. The molecule has 1 aromatic heterocycles. The number of hydrogen-bond acceptors (Lipinski definition) is 2. The van der Waals surface area contributed by atoms with Gasteiger partial charge in [-0.15, -0.1) is 0 Å². The molecule has 0 amide bonds. The van der Waals surface area contributed by atoms with Crippen LogP contribution in [0.1, 0.15) is 17.4 Å². The van der Waals surface area contributed by atoms with Crippen LogP contribution in [0.4, 0.5) is 0 Å². The van der Waals surface area contributed by atoms with Crippen LogP contribution in [0.3, 0.4) is 0 Å². The van der Waals surface area contributed by atoms with Crippen LogP contribution >= 0.6 is 0 Å². The van der Waals surface area contributed by atoms with E-state index in [1.807, 2.05) is 48.5 Å². The summed E-state index contributed by atoms with van der Waals surface area (Å²) in [7, 11) is 0. The van der Waals surface area contributed by atoms with Crippen molar-refractivity contribution in [2.45, 2.75) is 12.5 Å². The maximum atomic E-state index is 9.91. The summed E-state index contributed by atoms with van der Waals surface area (Å²) in [6, 6.07) is 15.5. The fourth-order valence-corrected chi connectivity index (χ4v) is 1.52. The molecule has 0 aliphatic heterocycles. The molecule has 0 radical (unpaired) electrons. The van der Waals surface area contributed by atoms with E-state index in [4.69, 9.17) is 0 Å². The number of nitrogens with zero attached hydrogens (tertiary/aromatic N) is 1. The summed E-state index contributed by atoms with van der Waals surface area (Å²) in [5.74, 6) is 0. The van der Waals surface area contributed by atoms with Gasteiger partial charge in [-0.05, 0) is 17.7 Å². The average Bonchev–Trinajstić information content (AvgIpc) is 2.31. The van der Waals surface area contributed by atoms with Crippen molar-refractivity contribution in [1.82, 2.24) is 4.98 Å². The minimum absolute atomic E-state index is 0. The van der Waals surface area contributed by atoms with Crippen molar-refractivity contribution in [2.75, 3.05) is 0 Å². The Morgan fingerprint density at radius 2 is 1.69 bits per heavy atom. The Morgan fingerprint density at radius 1 is 1.00 bits per heavy atom. The number of aromatic nitrogens is 1. The minimum atomic E-state index is -0.520. The third kappa shape index (κ3) is 3.72. The van der Waals surface area contributed by atoms with Gasteiger partial charge in [0.15, 0.2) is 0 Å². The van der Waals surface area contributed by atoms with Crippen molar-refractivity contribution in [2.24, 2.45) is 0 Å². The molecule has 0 fully saturated rings. The molecule has 78 valence electrons. The zero-order valence-electron chi connectivity index (χ0n) is 8.38. The molecule has 2 aromatic rings. The van der Waals surface area contributed by atoms with E-state index >= 15 is 0 Å². The van der Waals surface area contributed by atoms with Crippen molar-refractivity contribution < 1.29 is 5.11 Å². The topological polar surface area (TPSA) is 33.1 Å². The monoisotopic (exact) mass is 223 g/mol. The molecule has 0 aliphatic rings. The van der Waals surface area contributed by atoms with E-state index < -0.39 is 6.10 Å². The quantitative estimate of drug-likeness (QED) is 0.803. The second-order valence-corrected chi connectivity index (χ2v) is 3.46. The molecule has 1 heterocycles. The van der Waals surface area contributed by atoms with Gasteiger partial charge in [-0.2, -0.15) is 0 Å². The van der Waals surface area contributed by atoms with Crippen LogP contribution in [0, 0.1) is 0 Å². The van der Waals surface area contributed by atoms with Crippen molar-refractivity contribution in [1.29, 1.82) is 0 Å². The molecule has 2 rings (SSSR count). The van der Waals surface area contributed by atoms with Gasteiger partial charge in [0, 0.05) is 12.6 Å². The van der Waals surface area contributed by atoms with Crippen molar-refractivity contribution in [3.05, 3.63) is 66.0 Å².